The second kappa shape index (κ2) is 7.21. The number of amides is 1. The number of fused-ring (bicyclic) bond motifs is 2. The van der Waals surface area contributed by atoms with Crippen molar-refractivity contribution in [1.82, 2.24) is 15.2 Å². The molecule has 0 radical (unpaired) electrons. The van der Waals surface area contributed by atoms with Gasteiger partial charge in [0, 0.05) is 5.39 Å². The normalized spacial score (nSPS) is 12.9. The van der Waals surface area contributed by atoms with E-state index in [1.54, 1.807) is 11.3 Å². The summed E-state index contributed by atoms with van der Waals surface area (Å²) in [7, 11) is 0. The van der Waals surface area contributed by atoms with E-state index in [9.17, 15) is 4.79 Å². The lowest BCUT2D eigenvalue weighted by Gasteiger charge is -2.18. The van der Waals surface area contributed by atoms with Gasteiger partial charge in [0.05, 0.1) is 28.0 Å². The van der Waals surface area contributed by atoms with Crippen LogP contribution in [0.25, 0.3) is 21.3 Å². The summed E-state index contributed by atoms with van der Waals surface area (Å²) in [6.07, 6.45) is 0.221. The molecule has 0 saturated carbocycles. The molecule has 0 bridgehead atoms. The van der Waals surface area contributed by atoms with Crippen LogP contribution in [-0.2, 0) is 11.2 Å². The number of hydrogen-bond acceptors (Lipinski definition) is 6. The van der Waals surface area contributed by atoms with Gasteiger partial charge >= 0.3 is 0 Å². The van der Waals surface area contributed by atoms with Gasteiger partial charge in [-0.3, -0.25) is 9.89 Å². The number of nitrogens with one attached hydrogen (secondary N) is 2. The quantitative estimate of drug-likeness (QED) is 0.536. The number of ether oxygens (including phenoxy) is 2. The molecule has 2 N–H and O–H groups in total. The van der Waals surface area contributed by atoms with Crippen LogP contribution in [0, 0.1) is 6.92 Å². The van der Waals surface area contributed by atoms with Gasteiger partial charge in [0.25, 0.3) is 0 Å². The highest BCUT2D eigenvalue weighted by molar-refractivity contribution is 7.13. The summed E-state index contributed by atoms with van der Waals surface area (Å²) in [5, 5.41) is 11.0. The number of thiazole rings is 1. The zero-order valence-electron chi connectivity index (χ0n) is 15.7. The second-order valence-electron chi connectivity index (χ2n) is 6.80. The zero-order chi connectivity index (χ0) is 19.8. The maximum atomic E-state index is 12.6. The van der Waals surface area contributed by atoms with Crippen LogP contribution in [0.5, 0.6) is 11.5 Å². The number of rotatable bonds is 4. The van der Waals surface area contributed by atoms with Crippen molar-refractivity contribution in [1.29, 1.82) is 0 Å². The molecule has 5 rings (SSSR count). The molecule has 0 fully saturated rings. The average Bonchev–Trinajstić information content (AvgIpc) is 3.33. The van der Waals surface area contributed by atoms with Crippen LogP contribution < -0.4 is 14.8 Å². The van der Waals surface area contributed by atoms with Gasteiger partial charge in [-0.15, -0.1) is 11.3 Å². The monoisotopic (exact) mass is 406 g/mol. The maximum absolute atomic E-state index is 12.6. The Labute approximate surface area is 170 Å². The molecule has 2 aromatic carbocycles. The third-order valence-corrected chi connectivity index (χ3v) is 5.78. The highest BCUT2D eigenvalue weighted by Crippen LogP contribution is 2.32. The third-order valence-electron chi connectivity index (χ3n) is 4.80. The summed E-state index contributed by atoms with van der Waals surface area (Å²) in [5.74, 6) is 1.77. The molecule has 1 aliphatic heterocycles. The number of carbonyl (C=O) groups excluding carboxylic acids is 1. The first-order valence-electron chi connectivity index (χ1n) is 9.24. The SMILES string of the molecule is Cc1ncsc1-c1ccc2[nH]nc(NC(=O)Cc3ccc4c(c3)OCCO4)c2c1. The minimum atomic E-state index is -0.144. The molecule has 0 spiro atoms. The van der Waals surface area contributed by atoms with Crippen molar-refractivity contribution in [3.05, 3.63) is 53.2 Å². The van der Waals surface area contributed by atoms with E-state index in [0.29, 0.717) is 30.5 Å². The highest BCUT2D eigenvalue weighted by atomic mass is 32.1. The number of carbonyl (C=O) groups is 1. The van der Waals surface area contributed by atoms with Gasteiger partial charge in [-0.25, -0.2) is 4.98 Å². The fourth-order valence-corrected chi connectivity index (χ4v) is 4.19. The lowest BCUT2D eigenvalue weighted by Crippen LogP contribution is -2.17. The number of aromatic nitrogens is 3. The molecule has 8 heteroatoms. The summed E-state index contributed by atoms with van der Waals surface area (Å²) in [4.78, 5) is 18.0. The van der Waals surface area contributed by atoms with Crippen LogP contribution in [-0.4, -0.2) is 34.3 Å². The molecule has 0 aliphatic carbocycles. The van der Waals surface area contributed by atoms with Crippen LogP contribution in [0.15, 0.2) is 41.9 Å². The van der Waals surface area contributed by atoms with Gasteiger partial charge in [-0.2, -0.15) is 5.10 Å². The summed E-state index contributed by atoms with van der Waals surface area (Å²) in [5.41, 5.74) is 5.60. The maximum Gasteiger partial charge on any atom is 0.230 e. The Bertz CT molecular complexity index is 1210. The van der Waals surface area contributed by atoms with Gasteiger partial charge in [0.2, 0.25) is 5.91 Å². The molecule has 0 saturated heterocycles. The Balaban J connectivity index is 1.37. The molecular weight excluding hydrogens is 388 g/mol. The van der Waals surface area contributed by atoms with E-state index in [2.05, 4.69) is 20.5 Å². The molecule has 1 amide bonds. The summed E-state index contributed by atoms with van der Waals surface area (Å²) < 4.78 is 11.1. The van der Waals surface area contributed by atoms with Crippen molar-refractivity contribution in [3.63, 3.8) is 0 Å². The first-order valence-corrected chi connectivity index (χ1v) is 10.1. The molecular formula is C21H18N4O3S. The molecule has 4 aromatic rings. The predicted molar refractivity (Wildman–Crippen MR) is 112 cm³/mol. The predicted octanol–water partition coefficient (Wildman–Crippen LogP) is 3.95. The number of aromatic amines is 1. The van der Waals surface area contributed by atoms with Crippen molar-refractivity contribution in [2.45, 2.75) is 13.3 Å². The van der Waals surface area contributed by atoms with Crippen LogP contribution in [0.4, 0.5) is 5.82 Å². The number of anilines is 1. The fourth-order valence-electron chi connectivity index (χ4n) is 3.39. The number of aryl methyl sites for hydroxylation is 1. The van der Waals surface area contributed by atoms with Crippen molar-refractivity contribution in [2.24, 2.45) is 0 Å². The molecule has 29 heavy (non-hydrogen) atoms. The Morgan fingerprint density at radius 1 is 1.17 bits per heavy atom. The summed E-state index contributed by atoms with van der Waals surface area (Å²) in [6, 6.07) is 11.6. The average molecular weight is 406 g/mol. The van der Waals surface area contributed by atoms with Gasteiger partial charge in [0.1, 0.15) is 13.2 Å². The molecule has 0 unspecified atom stereocenters. The van der Waals surface area contributed by atoms with Crippen LogP contribution in [0.3, 0.4) is 0 Å². The molecule has 146 valence electrons. The first-order chi connectivity index (χ1) is 14.2. The Kier molecular flexibility index (Phi) is 4.40. The Morgan fingerprint density at radius 3 is 2.86 bits per heavy atom. The Hall–Kier alpha value is -3.39. The minimum Gasteiger partial charge on any atom is -0.486 e. The van der Waals surface area contributed by atoms with Crippen LogP contribution in [0.2, 0.25) is 0 Å². The van der Waals surface area contributed by atoms with E-state index in [0.717, 1.165) is 32.6 Å². The highest BCUT2D eigenvalue weighted by Gasteiger charge is 2.15. The lowest BCUT2D eigenvalue weighted by molar-refractivity contribution is -0.115. The van der Waals surface area contributed by atoms with Crippen molar-refractivity contribution >= 4 is 34.0 Å². The van der Waals surface area contributed by atoms with E-state index in [1.807, 2.05) is 48.8 Å². The van der Waals surface area contributed by atoms with E-state index in [-0.39, 0.29) is 12.3 Å². The van der Waals surface area contributed by atoms with E-state index < -0.39 is 0 Å². The first kappa shape index (κ1) is 17.7. The van der Waals surface area contributed by atoms with E-state index in [4.69, 9.17) is 9.47 Å². The molecule has 7 nitrogen and oxygen atoms in total. The molecule has 0 atom stereocenters. The van der Waals surface area contributed by atoms with Crippen LogP contribution >= 0.6 is 11.3 Å². The zero-order valence-corrected chi connectivity index (χ0v) is 16.5. The van der Waals surface area contributed by atoms with Gasteiger partial charge in [-0.1, -0.05) is 12.1 Å². The van der Waals surface area contributed by atoms with Crippen molar-refractivity contribution in [3.8, 4) is 21.9 Å². The van der Waals surface area contributed by atoms with Gasteiger partial charge in [0.15, 0.2) is 17.3 Å². The largest absolute Gasteiger partial charge is 0.486 e. The van der Waals surface area contributed by atoms with E-state index >= 15 is 0 Å². The second-order valence-corrected chi connectivity index (χ2v) is 7.66. The number of H-pyrrole nitrogens is 1. The minimum absolute atomic E-state index is 0.144. The third kappa shape index (κ3) is 3.42. The fraction of sp³-hybridized carbons (Fsp3) is 0.190. The van der Waals surface area contributed by atoms with Gasteiger partial charge in [-0.05, 0) is 42.3 Å². The number of hydrogen-bond donors (Lipinski definition) is 2. The van der Waals surface area contributed by atoms with Gasteiger partial charge < -0.3 is 14.8 Å². The lowest BCUT2D eigenvalue weighted by atomic mass is 10.1. The summed E-state index contributed by atoms with van der Waals surface area (Å²) in [6.45, 7) is 3.05. The molecule has 3 heterocycles. The van der Waals surface area contributed by atoms with Crippen molar-refractivity contribution < 1.29 is 14.3 Å². The van der Waals surface area contributed by atoms with Crippen LogP contribution in [0.1, 0.15) is 11.3 Å². The van der Waals surface area contributed by atoms with E-state index in [1.165, 1.54) is 0 Å². The number of nitrogens with zero attached hydrogens (tertiary/aromatic N) is 2. The topological polar surface area (TPSA) is 89.1 Å². The number of benzene rings is 2. The standard InChI is InChI=1S/C21H18N4O3S/c1-12-20(29-11-22-12)14-3-4-16-15(10-14)21(25-24-16)23-19(26)9-13-2-5-17-18(8-13)28-7-6-27-17/h2-5,8,10-11H,6-7,9H2,1H3,(H2,23,24,25,26). The molecule has 2 aromatic heterocycles. The smallest absolute Gasteiger partial charge is 0.230 e. The van der Waals surface area contributed by atoms with Crippen molar-refractivity contribution in [2.75, 3.05) is 18.5 Å². The summed E-state index contributed by atoms with van der Waals surface area (Å²) >= 11 is 1.60. The Morgan fingerprint density at radius 2 is 2.03 bits per heavy atom. The molecule has 1 aliphatic rings.